The average molecular weight is 313 g/mol. The van der Waals surface area contributed by atoms with E-state index in [2.05, 4.69) is 5.32 Å². The van der Waals surface area contributed by atoms with Crippen LogP contribution in [-0.4, -0.2) is 37.8 Å². The Morgan fingerprint density at radius 3 is 2.59 bits per heavy atom. The van der Waals surface area contributed by atoms with Gasteiger partial charge in [-0.3, -0.25) is 0 Å². The van der Waals surface area contributed by atoms with Crippen LogP contribution in [-0.2, 0) is 16.1 Å². The van der Waals surface area contributed by atoms with Crippen molar-refractivity contribution >= 4 is 0 Å². The molecule has 1 heterocycles. The summed E-state index contributed by atoms with van der Waals surface area (Å²) in [6.45, 7) is 5.86. The largest absolute Gasteiger partial charge is 0.375 e. The monoisotopic (exact) mass is 313 g/mol. The lowest BCUT2D eigenvalue weighted by atomic mass is 9.84. The maximum absolute atomic E-state index is 13.6. The molecule has 0 bridgehead atoms. The number of halogens is 2. The van der Waals surface area contributed by atoms with Gasteiger partial charge in [-0.15, -0.1) is 0 Å². The van der Waals surface area contributed by atoms with Crippen LogP contribution in [0, 0.1) is 5.41 Å². The first-order valence-corrected chi connectivity index (χ1v) is 7.62. The Morgan fingerprint density at radius 2 is 1.95 bits per heavy atom. The minimum Gasteiger partial charge on any atom is -0.375 e. The van der Waals surface area contributed by atoms with Gasteiger partial charge in [0.2, 0.25) is 0 Å². The topological polar surface area (TPSA) is 30.5 Å². The molecular formula is C17H25F2NO2. The van der Waals surface area contributed by atoms with Crippen LogP contribution in [0.3, 0.4) is 0 Å². The highest BCUT2D eigenvalue weighted by Crippen LogP contribution is 2.29. The first-order valence-electron chi connectivity index (χ1n) is 7.62. The number of alkyl halides is 2. The lowest BCUT2D eigenvalue weighted by molar-refractivity contribution is -0.108. The van der Waals surface area contributed by atoms with Crippen LogP contribution in [0.5, 0.6) is 0 Å². The van der Waals surface area contributed by atoms with E-state index < -0.39 is 12.5 Å². The van der Waals surface area contributed by atoms with Gasteiger partial charge in [0.15, 0.2) is 0 Å². The second kappa shape index (κ2) is 7.02. The van der Waals surface area contributed by atoms with Crippen molar-refractivity contribution in [3.63, 3.8) is 0 Å². The van der Waals surface area contributed by atoms with E-state index in [4.69, 9.17) is 9.47 Å². The number of ether oxygens (including phenoxy) is 2. The molecule has 1 saturated heterocycles. The van der Waals surface area contributed by atoms with Gasteiger partial charge < -0.3 is 14.8 Å². The first kappa shape index (κ1) is 17.3. The molecule has 0 spiro atoms. The Balaban J connectivity index is 1.95. The standard InChI is InChI=1S/C17H25F2NO2/c1-16(2,3)15-14(20-11-17(18,19)12-22-15)10-21-9-13-7-5-4-6-8-13/h4-8,14-15,20H,9-12H2,1-3H3/t14?,15-/m0/s1. The van der Waals surface area contributed by atoms with Crippen molar-refractivity contribution in [2.24, 2.45) is 5.41 Å². The molecule has 1 aliphatic rings. The third kappa shape index (κ3) is 5.00. The minimum absolute atomic E-state index is 0.242. The highest BCUT2D eigenvalue weighted by molar-refractivity contribution is 5.13. The third-order valence-corrected chi connectivity index (χ3v) is 3.72. The quantitative estimate of drug-likeness (QED) is 0.925. The van der Waals surface area contributed by atoms with Crippen molar-refractivity contribution < 1.29 is 18.3 Å². The Labute approximate surface area is 131 Å². The molecule has 1 aromatic rings. The Bertz CT molecular complexity index is 459. The fraction of sp³-hybridized carbons (Fsp3) is 0.647. The molecule has 0 saturated carbocycles. The van der Waals surface area contributed by atoms with Gasteiger partial charge in [0.25, 0.3) is 5.92 Å². The molecule has 3 nitrogen and oxygen atoms in total. The van der Waals surface area contributed by atoms with E-state index in [1.54, 1.807) is 0 Å². The second-order valence-corrected chi connectivity index (χ2v) is 6.94. The lowest BCUT2D eigenvalue weighted by Gasteiger charge is -2.35. The summed E-state index contributed by atoms with van der Waals surface area (Å²) >= 11 is 0. The summed E-state index contributed by atoms with van der Waals surface area (Å²) < 4.78 is 38.3. The summed E-state index contributed by atoms with van der Waals surface area (Å²) in [4.78, 5) is 0. The van der Waals surface area contributed by atoms with Crippen LogP contribution in [0.2, 0.25) is 0 Å². The fourth-order valence-electron chi connectivity index (χ4n) is 2.64. The van der Waals surface area contributed by atoms with Gasteiger partial charge in [-0.25, -0.2) is 8.78 Å². The van der Waals surface area contributed by atoms with Gasteiger partial charge in [0, 0.05) is 0 Å². The van der Waals surface area contributed by atoms with E-state index in [1.165, 1.54) is 0 Å². The number of hydrogen-bond acceptors (Lipinski definition) is 3. The zero-order valence-electron chi connectivity index (χ0n) is 13.4. The van der Waals surface area contributed by atoms with Crippen LogP contribution in [0.25, 0.3) is 0 Å². The van der Waals surface area contributed by atoms with Gasteiger partial charge >= 0.3 is 0 Å². The van der Waals surface area contributed by atoms with Crippen LogP contribution in [0.4, 0.5) is 8.78 Å². The first-order chi connectivity index (χ1) is 10.3. The van der Waals surface area contributed by atoms with Crippen LogP contribution >= 0.6 is 0 Å². The predicted molar refractivity (Wildman–Crippen MR) is 82.0 cm³/mol. The normalized spacial score (nSPS) is 25.7. The Kier molecular flexibility index (Phi) is 5.53. The molecule has 5 heteroatoms. The molecule has 1 aromatic carbocycles. The van der Waals surface area contributed by atoms with Crippen molar-refractivity contribution in [3.05, 3.63) is 35.9 Å². The zero-order chi connectivity index (χ0) is 16.2. The predicted octanol–water partition coefficient (Wildman–Crippen LogP) is 3.24. The third-order valence-electron chi connectivity index (χ3n) is 3.72. The molecule has 1 aliphatic heterocycles. The van der Waals surface area contributed by atoms with Crippen molar-refractivity contribution in [2.75, 3.05) is 19.8 Å². The van der Waals surface area contributed by atoms with Gasteiger partial charge in [-0.05, 0) is 11.0 Å². The molecule has 124 valence electrons. The number of benzene rings is 1. The summed E-state index contributed by atoms with van der Waals surface area (Å²) in [5.74, 6) is -2.84. The van der Waals surface area contributed by atoms with E-state index in [1.807, 2.05) is 51.1 Å². The van der Waals surface area contributed by atoms with Crippen LogP contribution in [0.15, 0.2) is 30.3 Å². The van der Waals surface area contributed by atoms with Crippen LogP contribution in [0.1, 0.15) is 26.3 Å². The molecule has 0 aliphatic carbocycles. The zero-order valence-corrected chi connectivity index (χ0v) is 13.4. The maximum Gasteiger partial charge on any atom is 0.283 e. The summed E-state index contributed by atoms with van der Waals surface area (Å²) in [6.07, 6.45) is -0.323. The van der Waals surface area contributed by atoms with E-state index >= 15 is 0 Å². The number of nitrogens with one attached hydrogen (secondary N) is 1. The highest BCUT2D eigenvalue weighted by Gasteiger charge is 2.42. The smallest absolute Gasteiger partial charge is 0.283 e. The molecule has 22 heavy (non-hydrogen) atoms. The Morgan fingerprint density at radius 1 is 1.27 bits per heavy atom. The molecule has 1 unspecified atom stereocenters. The summed E-state index contributed by atoms with van der Waals surface area (Å²) in [5, 5.41) is 2.91. The van der Waals surface area contributed by atoms with Gasteiger partial charge in [0.05, 0.1) is 31.9 Å². The molecule has 0 aromatic heterocycles. The SMILES string of the molecule is CC(C)(C)[C@H]1OCC(F)(F)CNC1COCc1ccccc1. The Hall–Kier alpha value is -1.04. The fourth-order valence-corrected chi connectivity index (χ4v) is 2.64. The van der Waals surface area contributed by atoms with E-state index in [9.17, 15) is 8.78 Å². The summed E-state index contributed by atoms with van der Waals surface area (Å²) in [6, 6.07) is 9.55. The maximum atomic E-state index is 13.6. The number of rotatable bonds is 4. The van der Waals surface area contributed by atoms with E-state index in [0.717, 1.165) is 5.56 Å². The molecular weight excluding hydrogens is 288 g/mol. The van der Waals surface area contributed by atoms with Gasteiger partial charge in [-0.2, -0.15) is 0 Å². The molecule has 1 fully saturated rings. The summed E-state index contributed by atoms with van der Waals surface area (Å²) in [7, 11) is 0. The highest BCUT2D eigenvalue weighted by atomic mass is 19.3. The van der Waals surface area contributed by atoms with E-state index in [-0.39, 0.29) is 24.1 Å². The number of hydrogen-bond donors (Lipinski definition) is 1. The van der Waals surface area contributed by atoms with Crippen molar-refractivity contribution in [3.8, 4) is 0 Å². The molecule has 2 atom stereocenters. The van der Waals surface area contributed by atoms with Crippen molar-refractivity contribution in [1.82, 2.24) is 5.32 Å². The molecule has 2 rings (SSSR count). The van der Waals surface area contributed by atoms with Crippen LogP contribution < -0.4 is 5.32 Å². The molecule has 1 N–H and O–H groups in total. The minimum atomic E-state index is -2.84. The van der Waals surface area contributed by atoms with Gasteiger partial charge in [0.1, 0.15) is 6.61 Å². The summed E-state index contributed by atoms with van der Waals surface area (Å²) in [5.41, 5.74) is 0.823. The van der Waals surface area contributed by atoms with Gasteiger partial charge in [-0.1, -0.05) is 51.1 Å². The second-order valence-electron chi connectivity index (χ2n) is 6.94. The average Bonchev–Trinajstić information content (AvgIpc) is 2.58. The molecule has 0 radical (unpaired) electrons. The van der Waals surface area contributed by atoms with Crippen molar-refractivity contribution in [2.45, 2.75) is 45.4 Å². The van der Waals surface area contributed by atoms with E-state index in [0.29, 0.717) is 13.2 Å². The van der Waals surface area contributed by atoms with Crippen molar-refractivity contribution in [1.29, 1.82) is 0 Å². The lowest BCUT2D eigenvalue weighted by Crippen LogP contribution is -2.49. The molecule has 0 amide bonds.